The normalized spacial score (nSPS) is 22.6. The molecule has 9 unspecified atom stereocenters. The zero-order chi connectivity index (χ0) is 40.7. The topological polar surface area (TPSA) is 189 Å². The Morgan fingerprint density at radius 2 is 1.13 bits per heavy atom. The van der Waals surface area contributed by atoms with E-state index in [9.17, 15) is 40.5 Å². The summed E-state index contributed by atoms with van der Waals surface area (Å²) < 4.78 is 11.1. The van der Waals surface area contributed by atoms with Gasteiger partial charge in [-0.15, -0.1) is 0 Å². The number of carbonyl (C=O) groups excluding carboxylic acids is 1. The molecule has 326 valence electrons. The van der Waals surface area contributed by atoms with Crippen LogP contribution in [-0.2, 0) is 14.3 Å². The molecule has 0 saturated carbocycles. The molecule has 1 amide bonds. The Labute approximate surface area is 334 Å². The van der Waals surface area contributed by atoms with Crippen molar-refractivity contribution in [1.82, 2.24) is 5.32 Å². The molecule has 1 heterocycles. The first-order chi connectivity index (χ1) is 26.5. The monoisotopic (exact) mass is 788 g/mol. The molecule has 0 aromatic carbocycles. The second-order valence-electron chi connectivity index (χ2n) is 16.6. The number of ether oxygens (including phenoxy) is 2. The highest BCUT2D eigenvalue weighted by Crippen LogP contribution is 2.23. The molecule has 11 nitrogen and oxygen atoms in total. The Bertz CT molecular complexity index is 921. The van der Waals surface area contributed by atoms with Gasteiger partial charge in [0.15, 0.2) is 6.29 Å². The van der Waals surface area contributed by atoms with Crippen LogP contribution in [0.2, 0.25) is 0 Å². The van der Waals surface area contributed by atoms with E-state index < -0.39 is 74.2 Å². The first kappa shape index (κ1) is 51.9. The fraction of sp³-hybridized carbons (Fsp3) is 0.932. The van der Waals surface area contributed by atoms with Gasteiger partial charge in [-0.2, -0.15) is 0 Å². The minimum atomic E-state index is -1.66. The second kappa shape index (κ2) is 33.8. The molecule has 0 spiro atoms. The zero-order valence-electron chi connectivity index (χ0n) is 35.1. The van der Waals surface area contributed by atoms with Crippen LogP contribution in [0.15, 0.2) is 12.2 Å². The van der Waals surface area contributed by atoms with E-state index in [1.54, 1.807) is 0 Å². The van der Waals surface area contributed by atoms with Crippen LogP contribution in [0.3, 0.4) is 0 Å². The standard InChI is InChI=1S/C44H85NO10/c1-4-5-6-7-8-9-10-11-12-13-14-15-16-17-18-21-25-28-31-37(48)43(53)45-35(33-54-44-42(52)41(51)40(50)38(32-46)55-44)39(49)36(47)30-27-24-22-19-20-23-26-29-34(2)3/h9-10,34-42,44,46-52H,4-8,11-33H2,1-3H3,(H,45,53). The van der Waals surface area contributed by atoms with Crippen LogP contribution < -0.4 is 5.32 Å². The third kappa shape index (κ3) is 25.1. The van der Waals surface area contributed by atoms with Crippen LogP contribution in [0.25, 0.3) is 0 Å². The minimum absolute atomic E-state index is 0.259. The van der Waals surface area contributed by atoms with Gasteiger partial charge in [-0.05, 0) is 44.4 Å². The van der Waals surface area contributed by atoms with Gasteiger partial charge in [0.05, 0.1) is 25.4 Å². The number of hydrogen-bond donors (Lipinski definition) is 8. The molecule has 8 N–H and O–H groups in total. The molecule has 9 atom stereocenters. The van der Waals surface area contributed by atoms with Gasteiger partial charge in [-0.1, -0.05) is 161 Å². The Morgan fingerprint density at radius 1 is 0.655 bits per heavy atom. The first-order valence-electron chi connectivity index (χ1n) is 22.4. The average molecular weight is 788 g/mol. The van der Waals surface area contributed by atoms with Crippen molar-refractivity contribution in [3.8, 4) is 0 Å². The lowest BCUT2D eigenvalue weighted by Crippen LogP contribution is -2.60. The molecule has 1 aliphatic rings. The third-order valence-corrected chi connectivity index (χ3v) is 11.0. The van der Waals surface area contributed by atoms with Crippen LogP contribution in [0.5, 0.6) is 0 Å². The maximum absolute atomic E-state index is 13.0. The van der Waals surface area contributed by atoms with Crippen LogP contribution in [0.4, 0.5) is 0 Å². The number of rotatable bonds is 36. The number of amides is 1. The summed E-state index contributed by atoms with van der Waals surface area (Å²) in [6.07, 6.45) is 21.4. The van der Waals surface area contributed by atoms with E-state index >= 15 is 0 Å². The Kier molecular flexibility index (Phi) is 31.9. The van der Waals surface area contributed by atoms with Gasteiger partial charge in [0.1, 0.15) is 36.6 Å². The largest absolute Gasteiger partial charge is 0.394 e. The van der Waals surface area contributed by atoms with Crippen molar-refractivity contribution in [2.24, 2.45) is 5.92 Å². The molecule has 11 heteroatoms. The van der Waals surface area contributed by atoms with Crippen molar-refractivity contribution in [2.45, 2.75) is 243 Å². The predicted octanol–water partition coefficient (Wildman–Crippen LogP) is 6.75. The number of aliphatic hydroxyl groups excluding tert-OH is 7. The second-order valence-corrected chi connectivity index (χ2v) is 16.6. The molecule has 55 heavy (non-hydrogen) atoms. The molecule has 1 saturated heterocycles. The highest BCUT2D eigenvalue weighted by molar-refractivity contribution is 5.80. The Hall–Kier alpha value is -1.15. The van der Waals surface area contributed by atoms with Crippen LogP contribution in [0.1, 0.15) is 188 Å². The molecule has 0 aromatic rings. The summed E-state index contributed by atoms with van der Waals surface area (Å²) >= 11 is 0. The molecular formula is C44H85NO10. The van der Waals surface area contributed by atoms with Crippen molar-refractivity contribution in [3.05, 3.63) is 12.2 Å². The number of nitrogens with one attached hydrogen (secondary N) is 1. The molecule has 0 aliphatic carbocycles. The minimum Gasteiger partial charge on any atom is -0.394 e. The number of hydrogen-bond acceptors (Lipinski definition) is 10. The lowest BCUT2D eigenvalue weighted by molar-refractivity contribution is -0.303. The van der Waals surface area contributed by atoms with E-state index in [1.165, 1.54) is 103 Å². The summed E-state index contributed by atoms with van der Waals surface area (Å²) in [4.78, 5) is 13.0. The lowest BCUT2D eigenvalue weighted by Gasteiger charge is -2.40. The van der Waals surface area contributed by atoms with Crippen LogP contribution in [0, 0.1) is 5.92 Å². The van der Waals surface area contributed by atoms with Gasteiger partial charge in [0.2, 0.25) is 5.91 Å². The number of carbonyl (C=O) groups is 1. The van der Waals surface area contributed by atoms with Gasteiger partial charge >= 0.3 is 0 Å². The quantitative estimate of drug-likeness (QED) is 0.0249. The van der Waals surface area contributed by atoms with E-state index in [-0.39, 0.29) is 6.42 Å². The molecule has 0 bridgehead atoms. The van der Waals surface area contributed by atoms with Gasteiger partial charge in [0.25, 0.3) is 0 Å². The molecule has 0 aromatic heterocycles. The fourth-order valence-electron chi connectivity index (χ4n) is 7.21. The Morgan fingerprint density at radius 3 is 1.64 bits per heavy atom. The molecule has 1 fully saturated rings. The molecule has 1 aliphatic heterocycles. The summed E-state index contributed by atoms with van der Waals surface area (Å²) in [7, 11) is 0. The van der Waals surface area contributed by atoms with E-state index in [2.05, 4.69) is 38.2 Å². The van der Waals surface area contributed by atoms with E-state index in [0.29, 0.717) is 19.3 Å². The van der Waals surface area contributed by atoms with Gasteiger partial charge < -0.3 is 50.5 Å². The molecule has 0 radical (unpaired) electrons. The average Bonchev–Trinajstić information content (AvgIpc) is 3.17. The summed E-state index contributed by atoms with van der Waals surface area (Å²) in [5.41, 5.74) is 0. The third-order valence-electron chi connectivity index (χ3n) is 11.0. The SMILES string of the molecule is CCCCCCC=CCCCCCCCCCCCCC(O)C(=O)NC(COC1OC(CO)C(O)C(O)C1O)C(O)C(O)CCCCCCCCCC(C)C. The summed E-state index contributed by atoms with van der Waals surface area (Å²) in [5, 5.41) is 75.5. The van der Waals surface area contributed by atoms with Crippen molar-refractivity contribution in [3.63, 3.8) is 0 Å². The smallest absolute Gasteiger partial charge is 0.249 e. The highest BCUT2D eigenvalue weighted by Gasteiger charge is 2.44. The van der Waals surface area contributed by atoms with Crippen molar-refractivity contribution in [2.75, 3.05) is 13.2 Å². The van der Waals surface area contributed by atoms with Crippen molar-refractivity contribution < 1.29 is 50.0 Å². The maximum Gasteiger partial charge on any atom is 0.249 e. The zero-order valence-corrected chi connectivity index (χ0v) is 35.1. The van der Waals surface area contributed by atoms with Gasteiger partial charge in [-0.3, -0.25) is 4.79 Å². The summed E-state index contributed by atoms with van der Waals surface area (Å²) in [6.45, 7) is 5.66. The maximum atomic E-state index is 13.0. The van der Waals surface area contributed by atoms with Crippen LogP contribution >= 0.6 is 0 Å². The first-order valence-corrected chi connectivity index (χ1v) is 22.4. The number of aliphatic hydroxyl groups is 7. The lowest BCUT2D eigenvalue weighted by atomic mass is 9.98. The van der Waals surface area contributed by atoms with E-state index in [4.69, 9.17) is 9.47 Å². The van der Waals surface area contributed by atoms with Gasteiger partial charge in [-0.25, -0.2) is 0 Å². The molecular weight excluding hydrogens is 702 g/mol. The Balaban J connectivity index is 2.44. The van der Waals surface area contributed by atoms with E-state index in [1.807, 2.05) is 0 Å². The van der Waals surface area contributed by atoms with Crippen molar-refractivity contribution >= 4 is 5.91 Å². The van der Waals surface area contributed by atoms with Crippen molar-refractivity contribution in [1.29, 1.82) is 0 Å². The van der Waals surface area contributed by atoms with Crippen LogP contribution in [-0.4, -0.2) is 110 Å². The summed E-state index contributed by atoms with van der Waals surface area (Å²) in [6, 6.07) is -1.16. The number of allylic oxidation sites excluding steroid dienone is 2. The van der Waals surface area contributed by atoms with Gasteiger partial charge in [0, 0.05) is 0 Å². The fourth-order valence-corrected chi connectivity index (χ4v) is 7.21. The summed E-state index contributed by atoms with van der Waals surface area (Å²) in [5.74, 6) is 0.0261. The number of unbranched alkanes of at least 4 members (excludes halogenated alkanes) is 20. The molecule has 1 rings (SSSR count). The predicted molar refractivity (Wildman–Crippen MR) is 219 cm³/mol. The highest BCUT2D eigenvalue weighted by atomic mass is 16.7. The van der Waals surface area contributed by atoms with E-state index in [0.717, 1.165) is 44.4 Å².